The van der Waals surface area contributed by atoms with Crippen LogP contribution in [0.25, 0.3) is 0 Å². The fraction of sp³-hybridized carbons (Fsp3) is 0.414. The van der Waals surface area contributed by atoms with Crippen LogP contribution >= 0.6 is 0 Å². The van der Waals surface area contributed by atoms with Crippen LogP contribution in [0.3, 0.4) is 0 Å². The minimum Gasteiger partial charge on any atom is -0.485 e. The summed E-state index contributed by atoms with van der Waals surface area (Å²) < 4.78 is 75.7. The highest BCUT2D eigenvalue weighted by Gasteiger charge is 2.33. The number of amides is 2. The quantitative estimate of drug-likeness (QED) is 0.362. The summed E-state index contributed by atoms with van der Waals surface area (Å²) in [4.78, 5) is 27.1. The number of sulfonamides is 1. The smallest absolute Gasteiger partial charge is 0.485 e. The largest absolute Gasteiger partial charge is 0.573 e. The zero-order valence-corrected chi connectivity index (χ0v) is 24.9. The highest BCUT2D eigenvalue weighted by Crippen LogP contribution is 2.39. The highest BCUT2D eigenvalue weighted by molar-refractivity contribution is 7.88. The number of hydrogen-bond donors (Lipinski definition) is 1. The number of benzene rings is 2. The van der Waals surface area contributed by atoms with Gasteiger partial charge in [0.25, 0.3) is 11.8 Å². The number of piperazine rings is 1. The number of nitrogens with one attached hydrogen (secondary N) is 1. The molecule has 1 aromatic heterocycles. The fourth-order valence-corrected chi connectivity index (χ4v) is 5.68. The monoisotopic (exact) mass is 635 g/mol. The molecule has 1 saturated carbocycles. The number of nitrogens with zero attached hydrogens (tertiary/aromatic N) is 4. The Morgan fingerprint density at radius 3 is 2.25 bits per heavy atom. The maximum atomic E-state index is 13.2. The zero-order valence-electron chi connectivity index (χ0n) is 24.1. The Bertz CT molecular complexity index is 1630. The van der Waals surface area contributed by atoms with Gasteiger partial charge in [-0.1, -0.05) is 18.2 Å². The van der Waals surface area contributed by atoms with Crippen molar-refractivity contribution in [3.8, 4) is 11.5 Å². The van der Waals surface area contributed by atoms with Gasteiger partial charge in [0.2, 0.25) is 10.0 Å². The molecule has 11 nitrogen and oxygen atoms in total. The van der Waals surface area contributed by atoms with Crippen molar-refractivity contribution in [3.05, 3.63) is 76.6 Å². The summed E-state index contributed by atoms with van der Waals surface area (Å²) in [5.74, 6) is -0.984. The third-order valence-electron chi connectivity index (χ3n) is 7.40. The highest BCUT2D eigenvalue weighted by atomic mass is 32.2. The van der Waals surface area contributed by atoms with Crippen molar-refractivity contribution < 1.29 is 40.7 Å². The van der Waals surface area contributed by atoms with Crippen molar-refractivity contribution in [1.29, 1.82) is 0 Å². The summed E-state index contributed by atoms with van der Waals surface area (Å²) in [6, 6.07) is 12.2. The summed E-state index contributed by atoms with van der Waals surface area (Å²) >= 11 is 0. The molecule has 1 aliphatic heterocycles. The standard InChI is InChI=1S/C29H32F3N5O6S/c1-35-24(16-23(34-35)21-8-9-21)27(38)33-17-20-5-10-25(26(15-20)43-29(30,31)32)42-18-19-3-6-22(7-4-19)28(39)36-11-13-37(14-12-36)44(2,40)41/h3-7,10,15-16,21H,8-9,11-14,17-18H2,1-2H3,(H,33,38). The molecule has 2 fully saturated rings. The average molecular weight is 636 g/mol. The van der Waals surface area contributed by atoms with E-state index in [1.165, 1.54) is 21.1 Å². The predicted molar refractivity (Wildman–Crippen MR) is 153 cm³/mol. The number of ether oxygens (including phenoxy) is 2. The van der Waals surface area contributed by atoms with Crippen LogP contribution < -0.4 is 14.8 Å². The first-order valence-electron chi connectivity index (χ1n) is 13.9. The number of alkyl halides is 3. The van der Waals surface area contributed by atoms with Crippen LogP contribution in [0.1, 0.15) is 56.4 Å². The van der Waals surface area contributed by atoms with Gasteiger partial charge in [-0.15, -0.1) is 13.2 Å². The number of carbonyl (C=O) groups excluding carboxylic acids is 2. The summed E-state index contributed by atoms with van der Waals surface area (Å²) in [6.45, 7) is 0.823. The van der Waals surface area contributed by atoms with Crippen LogP contribution in [0.4, 0.5) is 13.2 Å². The Balaban J connectivity index is 1.19. The normalized spacial score (nSPS) is 16.1. The molecule has 1 aliphatic carbocycles. The predicted octanol–water partition coefficient (Wildman–Crippen LogP) is 3.42. The van der Waals surface area contributed by atoms with Gasteiger partial charge < -0.3 is 19.7 Å². The lowest BCUT2D eigenvalue weighted by Gasteiger charge is -2.33. The summed E-state index contributed by atoms with van der Waals surface area (Å²) in [5, 5.41) is 7.07. The minimum atomic E-state index is -4.97. The van der Waals surface area contributed by atoms with E-state index in [1.807, 2.05) is 0 Å². The molecule has 3 aromatic rings. The second-order valence-corrected chi connectivity index (χ2v) is 12.8. The molecule has 2 heterocycles. The number of aryl methyl sites for hydroxylation is 1. The molecule has 2 aliphatic rings. The molecular weight excluding hydrogens is 603 g/mol. The van der Waals surface area contributed by atoms with Crippen LogP contribution in [-0.2, 0) is 30.2 Å². The minimum absolute atomic E-state index is 0.0456. The van der Waals surface area contributed by atoms with Crippen molar-refractivity contribution in [3.63, 3.8) is 0 Å². The maximum absolute atomic E-state index is 13.2. The molecule has 0 spiro atoms. The van der Waals surface area contributed by atoms with Gasteiger partial charge in [0, 0.05) is 51.3 Å². The lowest BCUT2D eigenvalue weighted by Crippen LogP contribution is -2.50. The topological polar surface area (TPSA) is 123 Å². The van der Waals surface area contributed by atoms with Gasteiger partial charge in [0.05, 0.1) is 11.9 Å². The van der Waals surface area contributed by atoms with Crippen LogP contribution in [-0.4, -0.2) is 78.0 Å². The second-order valence-electron chi connectivity index (χ2n) is 10.8. The van der Waals surface area contributed by atoms with Gasteiger partial charge in [-0.3, -0.25) is 14.3 Å². The third-order valence-corrected chi connectivity index (χ3v) is 8.71. The lowest BCUT2D eigenvalue weighted by atomic mass is 10.1. The number of carbonyl (C=O) groups is 2. The SMILES string of the molecule is Cn1nc(C2CC2)cc1C(=O)NCc1ccc(OCc2ccc(C(=O)N3CCN(S(C)(=O)=O)CC3)cc2)c(OC(F)(F)F)c1. The van der Waals surface area contributed by atoms with E-state index in [4.69, 9.17) is 4.74 Å². The lowest BCUT2D eigenvalue weighted by molar-refractivity contribution is -0.275. The molecule has 15 heteroatoms. The molecule has 0 unspecified atom stereocenters. The molecule has 44 heavy (non-hydrogen) atoms. The fourth-order valence-electron chi connectivity index (χ4n) is 4.85. The maximum Gasteiger partial charge on any atom is 0.573 e. The summed E-state index contributed by atoms with van der Waals surface area (Å²) in [6.07, 6.45) is -1.77. The van der Waals surface area contributed by atoms with Crippen molar-refractivity contribution >= 4 is 21.8 Å². The van der Waals surface area contributed by atoms with Crippen molar-refractivity contribution in [2.45, 2.75) is 38.3 Å². The Morgan fingerprint density at radius 1 is 0.977 bits per heavy atom. The second kappa shape index (κ2) is 12.5. The van der Waals surface area contributed by atoms with Crippen LogP contribution in [0.15, 0.2) is 48.5 Å². The third kappa shape index (κ3) is 7.88. The van der Waals surface area contributed by atoms with Crippen LogP contribution in [0.2, 0.25) is 0 Å². The van der Waals surface area contributed by atoms with Gasteiger partial charge in [-0.2, -0.15) is 9.40 Å². The molecule has 0 atom stereocenters. The van der Waals surface area contributed by atoms with E-state index in [9.17, 15) is 31.2 Å². The van der Waals surface area contributed by atoms with Crippen LogP contribution in [0, 0.1) is 0 Å². The van der Waals surface area contributed by atoms with Crippen molar-refractivity contribution in [2.24, 2.45) is 7.05 Å². The number of aromatic nitrogens is 2. The Hall–Kier alpha value is -4.11. The first kappa shape index (κ1) is 31.3. The number of halogens is 3. The summed E-state index contributed by atoms with van der Waals surface area (Å²) in [7, 11) is -1.65. The molecule has 1 N–H and O–H groups in total. The molecule has 5 rings (SSSR count). The molecule has 0 radical (unpaired) electrons. The van der Waals surface area contributed by atoms with E-state index in [0.717, 1.165) is 30.9 Å². The van der Waals surface area contributed by atoms with E-state index in [1.54, 1.807) is 42.3 Å². The molecule has 0 bridgehead atoms. The molecule has 2 aromatic carbocycles. The summed E-state index contributed by atoms with van der Waals surface area (Å²) in [5.41, 5.74) is 2.57. The van der Waals surface area contributed by atoms with E-state index in [2.05, 4.69) is 15.2 Å². The van der Waals surface area contributed by atoms with E-state index >= 15 is 0 Å². The Kier molecular flexibility index (Phi) is 8.88. The zero-order chi connectivity index (χ0) is 31.6. The molecule has 1 saturated heterocycles. The Morgan fingerprint density at radius 2 is 1.64 bits per heavy atom. The first-order valence-corrected chi connectivity index (χ1v) is 15.8. The molecular formula is C29H32F3N5O6S. The number of rotatable bonds is 10. The van der Waals surface area contributed by atoms with Gasteiger partial charge in [0.15, 0.2) is 11.5 Å². The van der Waals surface area contributed by atoms with Crippen molar-refractivity contribution in [2.75, 3.05) is 32.4 Å². The molecule has 236 valence electrons. The number of hydrogen-bond acceptors (Lipinski definition) is 7. The average Bonchev–Trinajstić information content (AvgIpc) is 3.75. The van der Waals surface area contributed by atoms with E-state index < -0.39 is 28.0 Å². The van der Waals surface area contributed by atoms with Crippen molar-refractivity contribution in [1.82, 2.24) is 24.3 Å². The van der Waals surface area contributed by atoms with Gasteiger partial charge >= 0.3 is 6.36 Å². The van der Waals surface area contributed by atoms with E-state index in [-0.39, 0.29) is 51.0 Å². The molecule has 2 amide bonds. The van der Waals surface area contributed by atoms with Gasteiger partial charge in [-0.25, -0.2) is 8.42 Å². The van der Waals surface area contributed by atoms with Gasteiger partial charge in [-0.05, 0) is 54.3 Å². The van der Waals surface area contributed by atoms with Gasteiger partial charge in [0.1, 0.15) is 12.3 Å². The first-order chi connectivity index (χ1) is 20.8. The van der Waals surface area contributed by atoms with Crippen LogP contribution in [0.5, 0.6) is 11.5 Å². The van der Waals surface area contributed by atoms with E-state index in [0.29, 0.717) is 28.3 Å². The Labute approximate surface area is 252 Å².